The number of nitrogens with two attached hydrogens (primary N) is 2. The molecule has 5 heteroatoms. The Morgan fingerprint density at radius 1 is 0.783 bits per heavy atom. The molecule has 1 aliphatic heterocycles. The highest BCUT2D eigenvalue weighted by Gasteiger charge is 2.34. The van der Waals surface area contributed by atoms with Crippen molar-refractivity contribution in [2.45, 2.75) is 13.5 Å². The number of nitrogens with zero attached hydrogens (tertiary/aromatic N) is 1. The number of imide groups is 1. The Labute approximate surface area is 136 Å². The van der Waals surface area contributed by atoms with Crippen LogP contribution in [0.4, 0.5) is 0 Å². The van der Waals surface area contributed by atoms with Gasteiger partial charge >= 0.3 is 0 Å². The third-order valence-electron chi connectivity index (χ3n) is 3.34. The first kappa shape index (κ1) is 18.5. The number of carbonyl (C=O) groups excluding carboxylic acids is 2. The number of benzene rings is 2. The number of rotatable bonds is 2. The lowest BCUT2D eigenvalue weighted by molar-refractivity contribution is 0.0642. The topological polar surface area (TPSA) is 89.4 Å². The van der Waals surface area contributed by atoms with Crippen molar-refractivity contribution in [1.82, 2.24) is 4.90 Å². The third-order valence-corrected chi connectivity index (χ3v) is 3.34. The van der Waals surface area contributed by atoms with E-state index in [0.29, 0.717) is 17.7 Å². The van der Waals surface area contributed by atoms with Gasteiger partial charge in [0.2, 0.25) is 0 Å². The second-order valence-corrected chi connectivity index (χ2v) is 4.73. The summed E-state index contributed by atoms with van der Waals surface area (Å²) >= 11 is 0. The summed E-state index contributed by atoms with van der Waals surface area (Å²) in [7, 11) is 3.00. The lowest BCUT2D eigenvalue weighted by atomic mass is 10.1. The predicted octanol–water partition coefficient (Wildman–Crippen LogP) is 1.94. The van der Waals surface area contributed by atoms with Crippen LogP contribution in [0, 0.1) is 6.92 Å². The van der Waals surface area contributed by atoms with Crippen molar-refractivity contribution in [1.29, 1.82) is 0 Å². The fourth-order valence-electron chi connectivity index (χ4n) is 2.26. The van der Waals surface area contributed by atoms with Crippen LogP contribution in [0.5, 0.6) is 0 Å². The first-order valence-electron chi connectivity index (χ1n) is 7.33. The zero-order chi connectivity index (χ0) is 17.4. The molecule has 0 atom stereocenters. The monoisotopic (exact) mass is 313 g/mol. The molecule has 0 unspecified atom stereocenters. The van der Waals surface area contributed by atoms with Gasteiger partial charge in [-0.25, -0.2) is 0 Å². The Hall–Kier alpha value is -2.50. The van der Waals surface area contributed by atoms with E-state index in [2.05, 4.69) is 11.5 Å². The highest BCUT2D eigenvalue weighted by Crippen LogP contribution is 2.24. The van der Waals surface area contributed by atoms with Crippen LogP contribution in [0.2, 0.25) is 0 Å². The average Bonchev–Trinajstić information content (AvgIpc) is 2.86. The van der Waals surface area contributed by atoms with Gasteiger partial charge < -0.3 is 11.5 Å². The highest BCUT2D eigenvalue weighted by atomic mass is 16.2. The summed E-state index contributed by atoms with van der Waals surface area (Å²) in [4.78, 5) is 25.7. The van der Waals surface area contributed by atoms with E-state index in [1.807, 2.05) is 31.2 Å². The SMILES string of the molecule is CN.CN.Cc1ccc(CN2C(=O)c3ccccc3C2=O)cc1. The molecule has 5 nitrogen and oxygen atoms in total. The van der Waals surface area contributed by atoms with Crippen LogP contribution >= 0.6 is 0 Å². The molecule has 0 aromatic heterocycles. The molecular formula is C18H23N3O2. The first-order valence-corrected chi connectivity index (χ1v) is 7.33. The van der Waals surface area contributed by atoms with Gasteiger partial charge in [-0.3, -0.25) is 14.5 Å². The number of hydrogen-bond donors (Lipinski definition) is 2. The van der Waals surface area contributed by atoms with Gasteiger partial charge in [-0.15, -0.1) is 0 Å². The van der Waals surface area contributed by atoms with Crippen molar-refractivity contribution in [2.75, 3.05) is 14.1 Å². The van der Waals surface area contributed by atoms with E-state index in [0.717, 1.165) is 11.1 Å². The first-order chi connectivity index (χ1) is 11.2. The summed E-state index contributed by atoms with van der Waals surface area (Å²) in [6, 6.07) is 14.8. The van der Waals surface area contributed by atoms with Gasteiger partial charge in [-0.2, -0.15) is 0 Å². The van der Waals surface area contributed by atoms with E-state index >= 15 is 0 Å². The minimum Gasteiger partial charge on any atom is -0.333 e. The third kappa shape index (κ3) is 4.03. The molecule has 122 valence electrons. The van der Waals surface area contributed by atoms with Crippen molar-refractivity contribution in [3.8, 4) is 0 Å². The molecule has 3 rings (SSSR count). The van der Waals surface area contributed by atoms with Gasteiger partial charge in [0, 0.05) is 0 Å². The molecule has 23 heavy (non-hydrogen) atoms. The van der Waals surface area contributed by atoms with Gasteiger partial charge in [0.05, 0.1) is 17.7 Å². The van der Waals surface area contributed by atoms with Crippen molar-refractivity contribution in [3.05, 3.63) is 70.8 Å². The van der Waals surface area contributed by atoms with Crippen molar-refractivity contribution in [3.63, 3.8) is 0 Å². The maximum absolute atomic E-state index is 12.2. The molecule has 0 saturated heterocycles. The minimum absolute atomic E-state index is 0.207. The zero-order valence-electron chi connectivity index (χ0n) is 13.7. The Balaban J connectivity index is 0.000000615. The van der Waals surface area contributed by atoms with E-state index in [1.165, 1.54) is 19.0 Å². The number of amides is 2. The Morgan fingerprint density at radius 2 is 1.22 bits per heavy atom. The summed E-state index contributed by atoms with van der Waals surface area (Å²) in [5.74, 6) is -0.414. The predicted molar refractivity (Wildman–Crippen MR) is 92.0 cm³/mol. The van der Waals surface area contributed by atoms with E-state index in [1.54, 1.807) is 24.3 Å². The summed E-state index contributed by atoms with van der Waals surface area (Å²) in [5.41, 5.74) is 12.1. The van der Waals surface area contributed by atoms with Crippen molar-refractivity contribution in [2.24, 2.45) is 11.5 Å². The number of aryl methyl sites for hydroxylation is 1. The fraction of sp³-hybridized carbons (Fsp3) is 0.222. The van der Waals surface area contributed by atoms with E-state index < -0.39 is 0 Å². The van der Waals surface area contributed by atoms with Crippen molar-refractivity contribution < 1.29 is 9.59 Å². The average molecular weight is 313 g/mol. The van der Waals surface area contributed by atoms with Crippen LogP contribution in [0.25, 0.3) is 0 Å². The summed E-state index contributed by atoms with van der Waals surface area (Å²) in [6.07, 6.45) is 0. The fourth-order valence-corrected chi connectivity index (χ4v) is 2.26. The second kappa shape index (κ2) is 8.82. The molecular weight excluding hydrogens is 290 g/mol. The standard InChI is InChI=1S/C16H13NO2.2CH5N/c1-11-6-8-12(9-7-11)10-17-15(18)13-4-2-3-5-14(13)16(17)19;2*1-2/h2-9H,10H2,1H3;2*2H2,1H3. The molecule has 1 aliphatic rings. The van der Waals surface area contributed by atoms with Crippen LogP contribution in [0.15, 0.2) is 48.5 Å². The van der Waals surface area contributed by atoms with Crippen LogP contribution in [0.3, 0.4) is 0 Å². The number of hydrogen-bond acceptors (Lipinski definition) is 4. The van der Waals surface area contributed by atoms with E-state index in [9.17, 15) is 9.59 Å². The normalized spacial score (nSPS) is 12.0. The van der Waals surface area contributed by atoms with Crippen LogP contribution < -0.4 is 11.5 Å². The minimum atomic E-state index is -0.207. The largest absolute Gasteiger partial charge is 0.333 e. The zero-order valence-corrected chi connectivity index (χ0v) is 13.7. The number of carbonyl (C=O) groups is 2. The summed E-state index contributed by atoms with van der Waals surface area (Å²) in [6.45, 7) is 2.33. The highest BCUT2D eigenvalue weighted by molar-refractivity contribution is 6.21. The molecule has 0 aliphatic carbocycles. The molecule has 0 bridgehead atoms. The maximum atomic E-state index is 12.2. The lowest BCUT2D eigenvalue weighted by Gasteiger charge is -2.13. The lowest BCUT2D eigenvalue weighted by Crippen LogP contribution is -2.29. The number of fused-ring (bicyclic) bond motifs is 1. The van der Waals surface area contributed by atoms with Crippen molar-refractivity contribution >= 4 is 11.8 Å². The quantitative estimate of drug-likeness (QED) is 0.829. The summed E-state index contributed by atoms with van der Waals surface area (Å²) in [5, 5.41) is 0. The van der Waals surface area contributed by atoms with Gasteiger partial charge in [0.15, 0.2) is 0 Å². The molecule has 0 fully saturated rings. The van der Waals surface area contributed by atoms with Gasteiger partial charge in [-0.1, -0.05) is 42.0 Å². The molecule has 2 amide bonds. The summed E-state index contributed by atoms with van der Waals surface area (Å²) < 4.78 is 0. The second-order valence-electron chi connectivity index (χ2n) is 4.73. The molecule has 0 saturated carbocycles. The molecule has 2 aromatic carbocycles. The van der Waals surface area contributed by atoms with Crippen LogP contribution in [-0.4, -0.2) is 30.8 Å². The van der Waals surface area contributed by atoms with Gasteiger partial charge in [-0.05, 0) is 38.7 Å². The van der Waals surface area contributed by atoms with Gasteiger partial charge in [0.1, 0.15) is 0 Å². The van der Waals surface area contributed by atoms with Gasteiger partial charge in [0.25, 0.3) is 11.8 Å². The molecule has 1 heterocycles. The Kier molecular flexibility index (Phi) is 7.12. The molecule has 0 radical (unpaired) electrons. The Morgan fingerprint density at radius 3 is 1.65 bits per heavy atom. The van der Waals surface area contributed by atoms with Crippen LogP contribution in [-0.2, 0) is 6.54 Å². The smallest absolute Gasteiger partial charge is 0.261 e. The molecule has 2 aromatic rings. The molecule has 4 N–H and O–H groups in total. The van der Waals surface area contributed by atoms with E-state index in [4.69, 9.17) is 0 Å². The molecule has 0 spiro atoms. The van der Waals surface area contributed by atoms with Crippen LogP contribution in [0.1, 0.15) is 31.8 Å². The maximum Gasteiger partial charge on any atom is 0.261 e. The van der Waals surface area contributed by atoms with E-state index in [-0.39, 0.29) is 11.8 Å². The Bertz CT molecular complexity index is 631.